The van der Waals surface area contributed by atoms with E-state index in [0.717, 1.165) is 6.54 Å². The lowest BCUT2D eigenvalue weighted by atomic mass is 9.97. The molecule has 0 aliphatic carbocycles. The molecule has 0 amide bonds. The smallest absolute Gasteiger partial charge is 0.106 e. The van der Waals surface area contributed by atoms with Crippen molar-refractivity contribution in [1.82, 2.24) is 5.32 Å². The molecule has 0 bridgehead atoms. The Bertz CT molecular complexity index is 716. The molecule has 0 aromatic heterocycles. The van der Waals surface area contributed by atoms with Crippen LogP contribution in [0.4, 0.5) is 0 Å². The van der Waals surface area contributed by atoms with Gasteiger partial charge in [0.15, 0.2) is 0 Å². The van der Waals surface area contributed by atoms with Crippen LogP contribution < -0.4 is 10.5 Å². The van der Waals surface area contributed by atoms with Gasteiger partial charge in [-0.2, -0.15) is 0 Å². The molecule has 23 heavy (non-hydrogen) atoms. The van der Waals surface area contributed by atoms with Gasteiger partial charge in [0, 0.05) is 0 Å². The van der Waals surface area contributed by atoms with E-state index in [0.29, 0.717) is 0 Å². The second-order valence-electron chi connectivity index (χ2n) is 6.22. The van der Waals surface area contributed by atoms with E-state index in [2.05, 4.69) is 96.3 Å². The van der Waals surface area contributed by atoms with E-state index in [-0.39, 0.29) is 5.16 Å². The standard InChI is InChI=1S/C21H21NSi/c1-4-10-18(11-5-1)21(19-12-6-2-7-13-19)22-16-17-23(21)20-14-8-3-9-15-20/h1-15,22-23H,16-17H2. The molecule has 1 unspecified atom stereocenters. The Hall–Kier alpha value is -2.16. The molecule has 1 aliphatic rings. The molecule has 1 heterocycles. The van der Waals surface area contributed by atoms with Gasteiger partial charge in [0.05, 0.1) is 5.16 Å². The van der Waals surface area contributed by atoms with Crippen LogP contribution in [-0.4, -0.2) is 15.3 Å². The third-order valence-corrected chi connectivity index (χ3v) is 8.99. The maximum atomic E-state index is 3.91. The third-order valence-electron chi connectivity index (χ3n) is 5.02. The fourth-order valence-corrected chi connectivity index (χ4v) is 8.00. The molecular weight excluding hydrogens is 294 g/mol. The van der Waals surface area contributed by atoms with Gasteiger partial charge >= 0.3 is 0 Å². The molecule has 1 N–H and O–H groups in total. The third kappa shape index (κ3) is 2.44. The van der Waals surface area contributed by atoms with Crippen molar-refractivity contribution < 1.29 is 0 Å². The van der Waals surface area contributed by atoms with Crippen LogP contribution in [0.2, 0.25) is 6.04 Å². The molecule has 3 aromatic carbocycles. The summed E-state index contributed by atoms with van der Waals surface area (Å²) in [4.78, 5) is 0. The zero-order chi connectivity index (χ0) is 15.5. The summed E-state index contributed by atoms with van der Waals surface area (Å²) in [6.07, 6.45) is 0. The topological polar surface area (TPSA) is 12.0 Å². The summed E-state index contributed by atoms with van der Waals surface area (Å²) >= 11 is 0. The number of hydrogen-bond acceptors (Lipinski definition) is 1. The molecule has 1 fully saturated rings. The highest BCUT2D eigenvalue weighted by Gasteiger charge is 2.46. The van der Waals surface area contributed by atoms with Gasteiger partial charge in [-0.05, 0) is 23.7 Å². The van der Waals surface area contributed by atoms with Crippen LogP contribution in [0.25, 0.3) is 0 Å². The molecule has 0 spiro atoms. The number of rotatable bonds is 3. The van der Waals surface area contributed by atoms with Crippen molar-refractivity contribution in [2.45, 2.75) is 11.2 Å². The van der Waals surface area contributed by atoms with E-state index in [9.17, 15) is 0 Å². The van der Waals surface area contributed by atoms with E-state index >= 15 is 0 Å². The van der Waals surface area contributed by atoms with Gasteiger partial charge in [0.25, 0.3) is 0 Å². The van der Waals surface area contributed by atoms with Crippen LogP contribution in [0.1, 0.15) is 11.1 Å². The summed E-state index contributed by atoms with van der Waals surface area (Å²) < 4.78 is 0. The first-order chi connectivity index (χ1) is 11.4. The fraction of sp³-hybridized carbons (Fsp3) is 0.143. The molecule has 3 aromatic rings. The van der Waals surface area contributed by atoms with Crippen molar-refractivity contribution in [3.05, 3.63) is 102 Å². The first-order valence-corrected chi connectivity index (χ1v) is 10.3. The molecule has 4 rings (SSSR count). The average Bonchev–Trinajstić information content (AvgIpc) is 3.10. The van der Waals surface area contributed by atoms with Crippen molar-refractivity contribution in [3.63, 3.8) is 0 Å². The highest BCUT2D eigenvalue weighted by Crippen LogP contribution is 2.37. The summed E-state index contributed by atoms with van der Waals surface area (Å²) in [6, 6.07) is 34.4. The molecule has 0 saturated carbocycles. The van der Waals surface area contributed by atoms with E-state index in [4.69, 9.17) is 0 Å². The highest BCUT2D eigenvalue weighted by atomic mass is 28.3. The lowest BCUT2D eigenvalue weighted by Gasteiger charge is -2.37. The SMILES string of the molecule is c1ccc([SiH]2CCNC2(c2ccccc2)c2ccccc2)cc1. The van der Waals surface area contributed by atoms with E-state index in [1.165, 1.54) is 17.2 Å². The summed E-state index contributed by atoms with van der Waals surface area (Å²) in [6.45, 7) is 1.09. The Morgan fingerprint density at radius 2 is 1.13 bits per heavy atom. The zero-order valence-electron chi connectivity index (χ0n) is 13.2. The lowest BCUT2D eigenvalue weighted by Crippen LogP contribution is -2.54. The molecule has 1 aliphatic heterocycles. The molecule has 1 atom stereocenters. The number of hydrogen-bond donors (Lipinski definition) is 1. The normalized spacial score (nSPS) is 19.6. The predicted octanol–water partition coefficient (Wildman–Crippen LogP) is 3.21. The quantitative estimate of drug-likeness (QED) is 0.732. The van der Waals surface area contributed by atoms with Crippen LogP contribution in [-0.2, 0) is 5.16 Å². The van der Waals surface area contributed by atoms with E-state index < -0.39 is 8.80 Å². The first kappa shape index (κ1) is 14.4. The van der Waals surface area contributed by atoms with Crippen molar-refractivity contribution in [2.24, 2.45) is 0 Å². The van der Waals surface area contributed by atoms with Gasteiger partial charge in [-0.15, -0.1) is 0 Å². The summed E-state index contributed by atoms with van der Waals surface area (Å²) in [5, 5.41) is 5.45. The van der Waals surface area contributed by atoms with Gasteiger partial charge in [0.2, 0.25) is 0 Å². The fourth-order valence-electron chi connectivity index (χ4n) is 4.03. The zero-order valence-corrected chi connectivity index (χ0v) is 14.3. The van der Waals surface area contributed by atoms with Gasteiger partial charge in [-0.3, -0.25) is 0 Å². The number of benzene rings is 3. The van der Waals surface area contributed by atoms with Crippen LogP contribution in [0.15, 0.2) is 91.0 Å². The highest BCUT2D eigenvalue weighted by molar-refractivity contribution is 6.77. The van der Waals surface area contributed by atoms with Gasteiger partial charge in [-0.1, -0.05) is 96.2 Å². The minimum absolute atomic E-state index is 0.0100. The van der Waals surface area contributed by atoms with Crippen molar-refractivity contribution in [1.29, 1.82) is 0 Å². The lowest BCUT2D eigenvalue weighted by molar-refractivity contribution is 0.595. The van der Waals surface area contributed by atoms with Crippen molar-refractivity contribution >= 4 is 14.0 Å². The minimum atomic E-state index is -1.25. The molecular formula is C21H21NSi. The maximum Gasteiger partial charge on any atom is 0.106 e. The summed E-state index contributed by atoms with van der Waals surface area (Å²) in [7, 11) is -1.25. The molecule has 0 radical (unpaired) electrons. The van der Waals surface area contributed by atoms with Crippen molar-refractivity contribution in [2.75, 3.05) is 6.54 Å². The Balaban J connectivity index is 1.93. The van der Waals surface area contributed by atoms with Crippen LogP contribution in [0.3, 0.4) is 0 Å². The molecule has 2 heteroatoms. The number of nitrogens with one attached hydrogen (secondary N) is 1. The second kappa shape index (κ2) is 6.15. The van der Waals surface area contributed by atoms with Gasteiger partial charge < -0.3 is 5.32 Å². The first-order valence-electron chi connectivity index (χ1n) is 8.32. The molecule has 1 nitrogen and oxygen atoms in total. The second-order valence-corrected chi connectivity index (χ2v) is 9.43. The van der Waals surface area contributed by atoms with E-state index in [1.807, 2.05) is 0 Å². The Labute approximate surface area is 139 Å². The van der Waals surface area contributed by atoms with Gasteiger partial charge in [-0.25, -0.2) is 0 Å². The van der Waals surface area contributed by atoms with Crippen LogP contribution in [0, 0.1) is 0 Å². The Morgan fingerprint density at radius 3 is 1.65 bits per heavy atom. The van der Waals surface area contributed by atoms with Crippen LogP contribution in [0.5, 0.6) is 0 Å². The predicted molar refractivity (Wildman–Crippen MR) is 99.7 cm³/mol. The molecule has 114 valence electrons. The van der Waals surface area contributed by atoms with E-state index in [1.54, 1.807) is 5.19 Å². The Morgan fingerprint density at radius 1 is 0.652 bits per heavy atom. The van der Waals surface area contributed by atoms with Crippen LogP contribution >= 0.6 is 0 Å². The van der Waals surface area contributed by atoms with Crippen molar-refractivity contribution in [3.8, 4) is 0 Å². The summed E-state index contributed by atoms with van der Waals surface area (Å²) in [5.74, 6) is 0. The molecule has 1 saturated heterocycles. The Kier molecular flexibility index (Phi) is 3.86. The van der Waals surface area contributed by atoms with Gasteiger partial charge in [0.1, 0.15) is 8.80 Å². The largest absolute Gasteiger partial charge is 0.307 e. The monoisotopic (exact) mass is 315 g/mol. The average molecular weight is 315 g/mol. The minimum Gasteiger partial charge on any atom is -0.307 e. The maximum absolute atomic E-state index is 3.91. The summed E-state index contributed by atoms with van der Waals surface area (Å²) in [5.41, 5.74) is 2.81.